The molecule has 2 aromatic carbocycles. The Bertz CT molecular complexity index is 1250. The number of rotatable bonds is 9. The predicted molar refractivity (Wildman–Crippen MR) is 128 cm³/mol. The molecule has 3 rings (SSSR count). The Morgan fingerprint density at radius 2 is 1.71 bits per heavy atom. The topological polar surface area (TPSA) is 109 Å². The average molecular weight is 465 g/mol. The number of hydrogen-bond acceptors (Lipinski definition) is 6. The molecular formula is C27H30NO6-. The smallest absolute Gasteiger partial charge is 0.340 e. The third-order valence-corrected chi connectivity index (χ3v) is 5.86. The second-order valence-electron chi connectivity index (χ2n) is 8.99. The molecule has 0 aliphatic heterocycles. The molecule has 0 aliphatic carbocycles. The summed E-state index contributed by atoms with van der Waals surface area (Å²) in [5.74, 6) is -1.45. The molecule has 1 N–H and O–H groups in total. The van der Waals surface area contributed by atoms with Gasteiger partial charge in [-0.05, 0) is 56.4 Å². The van der Waals surface area contributed by atoms with Crippen molar-refractivity contribution in [3.8, 4) is 5.75 Å². The van der Waals surface area contributed by atoms with E-state index in [1.54, 1.807) is 19.1 Å². The number of nitrogens with one attached hydrogen (secondary N) is 1. The molecule has 1 heterocycles. The minimum Gasteiger partial charge on any atom is -0.548 e. The normalized spacial score (nSPS) is 13.0. The fraction of sp³-hybridized carbons (Fsp3) is 0.370. The van der Waals surface area contributed by atoms with E-state index in [1.807, 2.05) is 51.1 Å². The zero-order valence-electron chi connectivity index (χ0n) is 20.1. The molecule has 0 radical (unpaired) electrons. The lowest BCUT2D eigenvalue weighted by atomic mass is 9.98. The van der Waals surface area contributed by atoms with Crippen LogP contribution in [0.3, 0.4) is 0 Å². The summed E-state index contributed by atoms with van der Waals surface area (Å²) >= 11 is 0. The van der Waals surface area contributed by atoms with Gasteiger partial charge in [-0.3, -0.25) is 4.79 Å². The quantitative estimate of drug-likeness (QED) is 0.488. The van der Waals surface area contributed by atoms with Crippen molar-refractivity contribution in [2.75, 3.05) is 0 Å². The summed E-state index contributed by atoms with van der Waals surface area (Å²) < 4.78 is 11.5. The summed E-state index contributed by atoms with van der Waals surface area (Å²) in [7, 11) is 0. The first-order valence-corrected chi connectivity index (χ1v) is 11.4. The van der Waals surface area contributed by atoms with Crippen LogP contribution in [0.5, 0.6) is 5.75 Å². The van der Waals surface area contributed by atoms with Crippen LogP contribution >= 0.6 is 0 Å². The third kappa shape index (κ3) is 5.65. The number of aryl methyl sites for hydroxylation is 2. The van der Waals surface area contributed by atoms with E-state index in [2.05, 4.69) is 5.32 Å². The molecule has 34 heavy (non-hydrogen) atoms. The van der Waals surface area contributed by atoms with Crippen molar-refractivity contribution in [3.05, 3.63) is 75.1 Å². The van der Waals surface area contributed by atoms with Crippen LogP contribution in [0, 0.1) is 19.8 Å². The average Bonchev–Trinajstić information content (AvgIpc) is 2.78. The van der Waals surface area contributed by atoms with E-state index >= 15 is 0 Å². The number of aliphatic carboxylic acids is 1. The molecule has 0 aliphatic rings. The van der Waals surface area contributed by atoms with Gasteiger partial charge in [0.25, 0.3) is 5.91 Å². The minimum atomic E-state index is -1.33. The third-order valence-electron chi connectivity index (χ3n) is 5.86. The number of hydrogen-bond donors (Lipinski definition) is 1. The van der Waals surface area contributed by atoms with Crippen LogP contribution in [-0.2, 0) is 16.0 Å². The van der Waals surface area contributed by atoms with Gasteiger partial charge in [0.15, 0.2) is 6.10 Å². The summed E-state index contributed by atoms with van der Waals surface area (Å²) in [4.78, 5) is 36.7. The lowest BCUT2D eigenvalue weighted by Gasteiger charge is -2.24. The van der Waals surface area contributed by atoms with Gasteiger partial charge in [0.1, 0.15) is 11.3 Å². The summed E-state index contributed by atoms with van der Waals surface area (Å²) in [6.07, 6.45) is -0.239. The first-order valence-electron chi connectivity index (χ1n) is 11.4. The lowest BCUT2D eigenvalue weighted by Crippen LogP contribution is -2.51. The number of carboxylic acids is 1. The zero-order valence-corrected chi connectivity index (χ0v) is 20.1. The van der Waals surface area contributed by atoms with Crippen LogP contribution in [0.15, 0.2) is 51.7 Å². The molecule has 2 atom stereocenters. The monoisotopic (exact) mass is 464 g/mol. The van der Waals surface area contributed by atoms with Gasteiger partial charge in [-0.1, -0.05) is 44.2 Å². The SMILES string of the molecule is Cc1c(Cc2ccccc2)c(=O)oc2c(C)c(O[C@H](C)C(=O)N[C@@H](CC(C)C)C(=O)[O-])ccc12. The molecule has 3 aromatic rings. The van der Waals surface area contributed by atoms with Crippen LogP contribution in [0.25, 0.3) is 11.0 Å². The van der Waals surface area contributed by atoms with E-state index in [9.17, 15) is 19.5 Å². The van der Waals surface area contributed by atoms with Crippen molar-refractivity contribution in [3.63, 3.8) is 0 Å². The Morgan fingerprint density at radius 3 is 2.32 bits per heavy atom. The maximum absolute atomic E-state index is 12.8. The van der Waals surface area contributed by atoms with Crippen molar-refractivity contribution in [1.29, 1.82) is 0 Å². The van der Waals surface area contributed by atoms with Crippen molar-refractivity contribution in [2.45, 2.75) is 59.6 Å². The number of amides is 1. The van der Waals surface area contributed by atoms with Crippen molar-refractivity contribution in [1.82, 2.24) is 5.32 Å². The highest BCUT2D eigenvalue weighted by Gasteiger charge is 2.22. The zero-order chi connectivity index (χ0) is 25.0. The number of fused-ring (bicyclic) bond motifs is 1. The minimum absolute atomic E-state index is 0.0695. The van der Waals surface area contributed by atoms with Crippen molar-refractivity contribution >= 4 is 22.8 Å². The van der Waals surface area contributed by atoms with E-state index in [1.165, 1.54) is 6.92 Å². The van der Waals surface area contributed by atoms with Crippen LogP contribution in [0.2, 0.25) is 0 Å². The summed E-state index contributed by atoms with van der Waals surface area (Å²) in [6.45, 7) is 8.90. The van der Waals surface area contributed by atoms with E-state index in [4.69, 9.17) is 9.15 Å². The van der Waals surface area contributed by atoms with Crippen LogP contribution in [0.4, 0.5) is 0 Å². The highest BCUT2D eigenvalue weighted by Crippen LogP contribution is 2.30. The van der Waals surface area contributed by atoms with Gasteiger partial charge >= 0.3 is 5.63 Å². The molecular weight excluding hydrogens is 434 g/mol. The van der Waals surface area contributed by atoms with Gasteiger partial charge in [-0.25, -0.2) is 4.79 Å². The number of benzene rings is 2. The number of ether oxygens (including phenoxy) is 1. The molecule has 1 aromatic heterocycles. The van der Waals surface area contributed by atoms with Crippen molar-refractivity contribution < 1.29 is 23.8 Å². The Balaban J connectivity index is 1.85. The highest BCUT2D eigenvalue weighted by atomic mass is 16.5. The fourth-order valence-electron chi connectivity index (χ4n) is 3.92. The van der Waals surface area contributed by atoms with E-state index in [0.717, 1.165) is 16.5 Å². The molecule has 0 saturated heterocycles. The van der Waals surface area contributed by atoms with Gasteiger partial charge in [0.2, 0.25) is 0 Å². The molecule has 180 valence electrons. The van der Waals surface area contributed by atoms with Crippen LogP contribution < -0.4 is 20.8 Å². The molecule has 0 unspecified atom stereocenters. The first kappa shape index (κ1) is 25.0. The van der Waals surface area contributed by atoms with Crippen LogP contribution in [0.1, 0.15) is 49.4 Å². The highest BCUT2D eigenvalue weighted by molar-refractivity contribution is 5.87. The molecule has 0 saturated carbocycles. The van der Waals surface area contributed by atoms with Gasteiger partial charge < -0.3 is 24.4 Å². The van der Waals surface area contributed by atoms with E-state index in [-0.39, 0.29) is 12.3 Å². The summed E-state index contributed by atoms with van der Waals surface area (Å²) in [6, 6.07) is 12.1. The number of carbonyl (C=O) groups excluding carboxylic acids is 2. The predicted octanol–water partition coefficient (Wildman–Crippen LogP) is 3.05. The second-order valence-corrected chi connectivity index (χ2v) is 8.99. The Kier molecular flexibility index (Phi) is 7.76. The first-order chi connectivity index (χ1) is 16.1. The summed E-state index contributed by atoms with van der Waals surface area (Å²) in [5, 5.41) is 14.6. The standard InChI is InChI=1S/C27H31NO6/c1-15(2)13-22(26(30)31)28-25(29)18(5)33-23-12-11-20-16(3)21(14-19-9-7-6-8-10-19)27(32)34-24(20)17(23)4/h6-12,15,18,22H,13-14H2,1-5H3,(H,28,29)(H,30,31)/p-1/t18-,22+/m1/s1. The van der Waals surface area contributed by atoms with Gasteiger partial charge in [-0.15, -0.1) is 0 Å². The van der Waals surface area contributed by atoms with E-state index < -0.39 is 29.6 Å². The molecule has 0 bridgehead atoms. The van der Waals surface area contributed by atoms with E-state index in [0.29, 0.717) is 28.9 Å². The largest absolute Gasteiger partial charge is 0.548 e. The maximum atomic E-state index is 12.8. The summed E-state index contributed by atoms with van der Waals surface area (Å²) in [5.41, 5.74) is 3.02. The molecule has 7 nitrogen and oxygen atoms in total. The molecule has 0 fully saturated rings. The maximum Gasteiger partial charge on any atom is 0.340 e. The Labute approximate surface area is 198 Å². The Hall–Kier alpha value is -3.61. The van der Waals surface area contributed by atoms with Gasteiger partial charge in [0, 0.05) is 22.9 Å². The fourth-order valence-corrected chi connectivity index (χ4v) is 3.92. The Morgan fingerprint density at radius 1 is 1.03 bits per heavy atom. The van der Waals surface area contributed by atoms with Crippen LogP contribution in [-0.4, -0.2) is 24.0 Å². The number of carboxylic acid groups (broad SMARTS) is 1. The van der Waals surface area contributed by atoms with Crippen molar-refractivity contribution in [2.24, 2.45) is 5.92 Å². The lowest BCUT2D eigenvalue weighted by molar-refractivity contribution is -0.308. The molecule has 7 heteroatoms. The van der Waals surface area contributed by atoms with Gasteiger partial charge in [0.05, 0.1) is 12.0 Å². The molecule has 1 amide bonds. The number of carbonyl (C=O) groups is 2. The van der Waals surface area contributed by atoms with Gasteiger partial charge in [-0.2, -0.15) is 0 Å². The molecule has 0 spiro atoms. The second kappa shape index (κ2) is 10.5.